The lowest BCUT2D eigenvalue weighted by molar-refractivity contribution is -0.0950. The largest absolute Gasteiger partial charge is 0.371 e. The van der Waals surface area contributed by atoms with E-state index < -0.39 is 0 Å². The highest BCUT2D eigenvalue weighted by molar-refractivity contribution is 6.30. The monoisotopic (exact) mass is 253 g/mol. The molecule has 0 unspecified atom stereocenters. The van der Waals surface area contributed by atoms with Crippen LogP contribution in [0.4, 0.5) is 0 Å². The summed E-state index contributed by atoms with van der Waals surface area (Å²) in [4.78, 5) is 2.43. The van der Waals surface area contributed by atoms with Gasteiger partial charge in [-0.25, -0.2) is 0 Å². The molecule has 3 heteroatoms. The van der Waals surface area contributed by atoms with E-state index in [2.05, 4.69) is 25.7 Å². The van der Waals surface area contributed by atoms with Crippen LogP contribution in [-0.2, 0) is 11.3 Å². The maximum absolute atomic E-state index is 5.84. The second-order valence-electron chi connectivity index (χ2n) is 5.64. The molecule has 0 radical (unpaired) electrons. The van der Waals surface area contributed by atoms with Crippen LogP contribution in [-0.4, -0.2) is 29.6 Å². The number of ether oxygens (including phenoxy) is 1. The van der Waals surface area contributed by atoms with Gasteiger partial charge in [-0.05, 0) is 38.5 Å². The predicted octanol–water partition coefficient (Wildman–Crippen LogP) is 3.34. The van der Waals surface area contributed by atoms with Gasteiger partial charge in [0.25, 0.3) is 0 Å². The molecule has 0 atom stereocenters. The van der Waals surface area contributed by atoms with Crippen LogP contribution in [0, 0.1) is 0 Å². The smallest absolute Gasteiger partial charge is 0.0833 e. The van der Waals surface area contributed by atoms with E-state index >= 15 is 0 Å². The molecular formula is C14H20ClNO. The lowest BCUT2D eigenvalue weighted by Crippen LogP contribution is -2.59. The van der Waals surface area contributed by atoms with Crippen molar-refractivity contribution in [2.75, 3.05) is 13.1 Å². The molecule has 2 nitrogen and oxygen atoms in total. The van der Waals surface area contributed by atoms with Crippen LogP contribution in [0.2, 0.25) is 5.02 Å². The van der Waals surface area contributed by atoms with Crippen LogP contribution in [0.25, 0.3) is 0 Å². The SMILES string of the molecule is CC(C)(C)N1CC(OCc2ccc(Cl)cc2)C1. The van der Waals surface area contributed by atoms with Gasteiger partial charge in [0, 0.05) is 23.7 Å². The lowest BCUT2D eigenvalue weighted by atomic mass is 9.99. The molecule has 0 aromatic heterocycles. The second kappa shape index (κ2) is 4.97. The number of hydrogen-bond donors (Lipinski definition) is 0. The Balaban J connectivity index is 1.73. The molecule has 1 aliphatic rings. The summed E-state index contributed by atoms with van der Waals surface area (Å²) in [5, 5.41) is 0.774. The van der Waals surface area contributed by atoms with Crippen molar-refractivity contribution in [1.82, 2.24) is 4.90 Å². The van der Waals surface area contributed by atoms with Crippen LogP contribution >= 0.6 is 11.6 Å². The van der Waals surface area contributed by atoms with E-state index in [1.165, 1.54) is 5.56 Å². The fraction of sp³-hybridized carbons (Fsp3) is 0.571. The Hall–Kier alpha value is -0.570. The number of rotatable bonds is 3. The van der Waals surface area contributed by atoms with E-state index in [9.17, 15) is 0 Å². The van der Waals surface area contributed by atoms with E-state index in [0.29, 0.717) is 12.7 Å². The second-order valence-corrected chi connectivity index (χ2v) is 6.07. The predicted molar refractivity (Wildman–Crippen MR) is 71.4 cm³/mol. The number of nitrogens with zero attached hydrogens (tertiary/aromatic N) is 1. The molecule has 1 fully saturated rings. The third kappa shape index (κ3) is 3.44. The zero-order valence-electron chi connectivity index (χ0n) is 10.7. The first-order chi connectivity index (χ1) is 7.95. The molecule has 0 aliphatic carbocycles. The summed E-state index contributed by atoms with van der Waals surface area (Å²) in [6, 6.07) is 7.84. The summed E-state index contributed by atoms with van der Waals surface area (Å²) in [5.41, 5.74) is 1.45. The summed E-state index contributed by atoms with van der Waals surface area (Å²) in [6.07, 6.45) is 0.380. The molecule has 2 rings (SSSR count). The maximum Gasteiger partial charge on any atom is 0.0833 e. The number of hydrogen-bond acceptors (Lipinski definition) is 2. The molecule has 0 N–H and O–H groups in total. The molecule has 0 saturated carbocycles. The Morgan fingerprint density at radius 2 is 1.82 bits per heavy atom. The normalized spacial score (nSPS) is 18.1. The molecule has 1 aliphatic heterocycles. The lowest BCUT2D eigenvalue weighted by Gasteiger charge is -2.47. The average molecular weight is 254 g/mol. The van der Waals surface area contributed by atoms with Crippen molar-refractivity contribution in [1.29, 1.82) is 0 Å². The third-order valence-electron chi connectivity index (χ3n) is 3.20. The van der Waals surface area contributed by atoms with Crippen molar-refractivity contribution in [2.24, 2.45) is 0 Å². The van der Waals surface area contributed by atoms with Crippen molar-refractivity contribution in [3.8, 4) is 0 Å². The zero-order chi connectivity index (χ0) is 12.5. The maximum atomic E-state index is 5.84. The number of likely N-dealkylation sites (tertiary alicyclic amines) is 1. The minimum absolute atomic E-state index is 0.264. The Kier molecular flexibility index (Phi) is 3.76. The van der Waals surface area contributed by atoms with Gasteiger partial charge in [0.2, 0.25) is 0 Å². The van der Waals surface area contributed by atoms with Gasteiger partial charge in [0.05, 0.1) is 12.7 Å². The third-order valence-corrected chi connectivity index (χ3v) is 3.45. The Morgan fingerprint density at radius 3 is 2.35 bits per heavy atom. The summed E-state index contributed by atoms with van der Waals surface area (Å²) in [6.45, 7) is 9.47. The summed E-state index contributed by atoms with van der Waals surface area (Å²) in [5.74, 6) is 0. The highest BCUT2D eigenvalue weighted by Gasteiger charge is 2.34. The van der Waals surface area contributed by atoms with Crippen LogP contribution in [0.15, 0.2) is 24.3 Å². The first kappa shape index (κ1) is 12.9. The Labute approximate surface area is 109 Å². The summed E-state index contributed by atoms with van der Waals surface area (Å²) < 4.78 is 5.84. The molecular weight excluding hydrogens is 234 g/mol. The van der Waals surface area contributed by atoms with Crippen LogP contribution < -0.4 is 0 Å². The van der Waals surface area contributed by atoms with Crippen LogP contribution in [0.3, 0.4) is 0 Å². The van der Waals surface area contributed by atoms with Crippen molar-refractivity contribution in [2.45, 2.75) is 39.0 Å². The van der Waals surface area contributed by atoms with Gasteiger partial charge in [-0.3, -0.25) is 4.90 Å². The Bertz CT molecular complexity index is 363. The van der Waals surface area contributed by atoms with E-state index in [1.807, 2.05) is 24.3 Å². The molecule has 1 heterocycles. The van der Waals surface area contributed by atoms with E-state index in [0.717, 1.165) is 18.1 Å². The zero-order valence-corrected chi connectivity index (χ0v) is 11.5. The first-order valence-corrected chi connectivity index (χ1v) is 6.44. The fourth-order valence-electron chi connectivity index (χ4n) is 1.89. The van der Waals surface area contributed by atoms with Crippen LogP contribution in [0.1, 0.15) is 26.3 Å². The molecule has 0 amide bonds. The minimum Gasteiger partial charge on any atom is -0.371 e. The van der Waals surface area contributed by atoms with Gasteiger partial charge >= 0.3 is 0 Å². The average Bonchev–Trinajstić information content (AvgIpc) is 2.16. The van der Waals surface area contributed by atoms with Crippen LogP contribution in [0.5, 0.6) is 0 Å². The summed E-state index contributed by atoms with van der Waals surface area (Å²) >= 11 is 5.83. The highest BCUT2D eigenvalue weighted by atomic mass is 35.5. The van der Waals surface area contributed by atoms with E-state index in [4.69, 9.17) is 16.3 Å². The number of halogens is 1. The topological polar surface area (TPSA) is 12.5 Å². The molecule has 0 spiro atoms. The van der Waals surface area contributed by atoms with E-state index in [-0.39, 0.29) is 5.54 Å². The quantitative estimate of drug-likeness (QED) is 0.819. The van der Waals surface area contributed by atoms with Gasteiger partial charge < -0.3 is 4.74 Å². The molecule has 0 bridgehead atoms. The van der Waals surface area contributed by atoms with E-state index in [1.54, 1.807) is 0 Å². The molecule has 17 heavy (non-hydrogen) atoms. The van der Waals surface area contributed by atoms with Gasteiger partial charge in [-0.1, -0.05) is 23.7 Å². The summed E-state index contributed by atoms with van der Waals surface area (Å²) in [7, 11) is 0. The van der Waals surface area contributed by atoms with Gasteiger partial charge in [-0.15, -0.1) is 0 Å². The minimum atomic E-state index is 0.264. The fourth-order valence-corrected chi connectivity index (χ4v) is 2.01. The molecule has 1 aromatic rings. The highest BCUT2D eigenvalue weighted by Crippen LogP contribution is 2.23. The number of benzene rings is 1. The van der Waals surface area contributed by atoms with Gasteiger partial charge in [0.15, 0.2) is 0 Å². The standard InChI is InChI=1S/C14H20ClNO/c1-14(2,3)16-8-13(9-16)17-10-11-4-6-12(15)7-5-11/h4-7,13H,8-10H2,1-3H3. The van der Waals surface area contributed by atoms with Crippen molar-refractivity contribution < 1.29 is 4.74 Å². The van der Waals surface area contributed by atoms with Gasteiger partial charge in [-0.2, -0.15) is 0 Å². The van der Waals surface area contributed by atoms with Crippen molar-refractivity contribution in [3.05, 3.63) is 34.9 Å². The first-order valence-electron chi connectivity index (χ1n) is 6.06. The Morgan fingerprint density at radius 1 is 1.24 bits per heavy atom. The molecule has 1 aromatic carbocycles. The molecule has 1 saturated heterocycles. The molecule has 94 valence electrons. The van der Waals surface area contributed by atoms with Gasteiger partial charge in [0.1, 0.15) is 0 Å². The van der Waals surface area contributed by atoms with Crippen molar-refractivity contribution in [3.63, 3.8) is 0 Å². The van der Waals surface area contributed by atoms with Crippen molar-refractivity contribution >= 4 is 11.6 Å².